The Morgan fingerprint density at radius 3 is 2.42 bits per heavy atom. The molecular formula is C16H21N3O5. The molecule has 24 heavy (non-hydrogen) atoms. The summed E-state index contributed by atoms with van der Waals surface area (Å²) in [6, 6.07) is 6.49. The number of carbonyl (C=O) groups excluding carboxylic acids is 1. The fourth-order valence-electron chi connectivity index (χ4n) is 2.73. The summed E-state index contributed by atoms with van der Waals surface area (Å²) in [4.78, 5) is 36.8. The number of carbonyl (C=O) groups is 2. The van der Waals surface area contributed by atoms with Gasteiger partial charge in [-0.1, -0.05) is 6.07 Å². The standard InChI is InChI=1S/C16H21N3O5/c20-15(6-1-2-7-16(21)22)18-10-8-17(9-11-18)13-4-3-5-14(12-13)19(23)24/h3-5,12H,1-2,6-11H2,(H,21,22). The Bertz CT molecular complexity index is 611. The number of nitro benzene ring substituents is 1. The first-order valence-corrected chi connectivity index (χ1v) is 7.96. The molecule has 0 bridgehead atoms. The highest BCUT2D eigenvalue weighted by atomic mass is 16.6. The Balaban J connectivity index is 1.80. The molecule has 0 spiro atoms. The summed E-state index contributed by atoms with van der Waals surface area (Å²) in [6.07, 6.45) is 1.54. The third-order valence-electron chi connectivity index (χ3n) is 4.07. The van der Waals surface area contributed by atoms with Crippen molar-refractivity contribution in [2.75, 3.05) is 31.1 Å². The number of hydrogen-bond acceptors (Lipinski definition) is 5. The largest absolute Gasteiger partial charge is 0.481 e. The molecule has 0 aromatic heterocycles. The number of aliphatic carboxylic acids is 1. The fourth-order valence-corrected chi connectivity index (χ4v) is 2.73. The zero-order valence-corrected chi connectivity index (χ0v) is 13.4. The van der Waals surface area contributed by atoms with Gasteiger partial charge in [0.1, 0.15) is 0 Å². The second-order valence-corrected chi connectivity index (χ2v) is 5.75. The molecule has 0 aliphatic carbocycles. The molecule has 0 radical (unpaired) electrons. The van der Waals surface area contributed by atoms with E-state index in [4.69, 9.17) is 5.11 Å². The van der Waals surface area contributed by atoms with Gasteiger partial charge >= 0.3 is 5.97 Å². The molecule has 130 valence electrons. The lowest BCUT2D eigenvalue weighted by atomic mass is 10.1. The summed E-state index contributed by atoms with van der Waals surface area (Å²) in [6.45, 7) is 2.39. The van der Waals surface area contributed by atoms with Crippen molar-refractivity contribution in [2.24, 2.45) is 0 Å². The molecule has 1 saturated heterocycles. The number of anilines is 1. The van der Waals surface area contributed by atoms with Gasteiger partial charge in [0.2, 0.25) is 5.91 Å². The van der Waals surface area contributed by atoms with Crippen molar-refractivity contribution < 1.29 is 19.6 Å². The van der Waals surface area contributed by atoms with E-state index in [-0.39, 0.29) is 18.0 Å². The minimum Gasteiger partial charge on any atom is -0.481 e. The van der Waals surface area contributed by atoms with Crippen molar-refractivity contribution in [2.45, 2.75) is 25.7 Å². The minimum atomic E-state index is -0.840. The van der Waals surface area contributed by atoms with Crippen LogP contribution < -0.4 is 4.90 Å². The maximum atomic E-state index is 12.1. The van der Waals surface area contributed by atoms with E-state index in [1.54, 1.807) is 17.0 Å². The third kappa shape index (κ3) is 4.94. The van der Waals surface area contributed by atoms with Crippen LogP contribution in [0.1, 0.15) is 25.7 Å². The summed E-state index contributed by atoms with van der Waals surface area (Å²) < 4.78 is 0. The first-order chi connectivity index (χ1) is 11.5. The lowest BCUT2D eigenvalue weighted by molar-refractivity contribution is -0.384. The van der Waals surface area contributed by atoms with Gasteiger partial charge in [-0.25, -0.2) is 0 Å². The molecule has 0 atom stereocenters. The average Bonchev–Trinajstić information content (AvgIpc) is 2.58. The summed E-state index contributed by atoms with van der Waals surface area (Å²) in [5.74, 6) is -0.799. The third-order valence-corrected chi connectivity index (χ3v) is 4.07. The van der Waals surface area contributed by atoms with Gasteiger partial charge in [0, 0.05) is 56.8 Å². The van der Waals surface area contributed by atoms with Crippen molar-refractivity contribution in [1.82, 2.24) is 4.90 Å². The number of non-ortho nitro benzene ring substituents is 1. The van der Waals surface area contributed by atoms with Gasteiger partial charge in [-0.05, 0) is 18.9 Å². The molecule has 0 unspecified atom stereocenters. The lowest BCUT2D eigenvalue weighted by Gasteiger charge is -2.36. The van der Waals surface area contributed by atoms with Gasteiger partial charge in [-0.2, -0.15) is 0 Å². The van der Waals surface area contributed by atoms with Crippen LogP contribution in [0.25, 0.3) is 0 Å². The molecule has 1 fully saturated rings. The van der Waals surface area contributed by atoms with Crippen molar-refractivity contribution >= 4 is 23.3 Å². The van der Waals surface area contributed by atoms with E-state index < -0.39 is 10.9 Å². The van der Waals surface area contributed by atoms with Gasteiger partial charge in [-0.15, -0.1) is 0 Å². The average molecular weight is 335 g/mol. The summed E-state index contributed by atoms with van der Waals surface area (Å²) >= 11 is 0. The maximum absolute atomic E-state index is 12.1. The van der Waals surface area contributed by atoms with E-state index >= 15 is 0 Å². The van der Waals surface area contributed by atoms with Crippen LogP contribution in [0, 0.1) is 10.1 Å². The van der Waals surface area contributed by atoms with Crippen LogP contribution in [0.2, 0.25) is 0 Å². The van der Waals surface area contributed by atoms with E-state index in [0.717, 1.165) is 5.69 Å². The highest BCUT2D eigenvalue weighted by Gasteiger charge is 2.21. The molecule has 0 saturated carbocycles. The Hall–Kier alpha value is -2.64. The first-order valence-electron chi connectivity index (χ1n) is 7.96. The fraction of sp³-hybridized carbons (Fsp3) is 0.500. The molecular weight excluding hydrogens is 314 g/mol. The van der Waals surface area contributed by atoms with Crippen LogP contribution in [-0.2, 0) is 9.59 Å². The van der Waals surface area contributed by atoms with Gasteiger partial charge in [0.05, 0.1) is 4.92 Å². The Morgan fingerprint density at radius 2 is 1.79 bits per heavy atom. The van der Waals surface area contributed by atoms with Crippen LogP contribution >= 0.6 is 0 Å². The number of nitro groups is 1. The number of hydrogen-bond donors (Lipinski definition) is 1. The number of rotatable bonds is 7. The Morgan fingerprint density at radius 1 is 1.12 bits per heavy atom. The molecule has 1 heterocycles. The zero-order valence-electron chi connectivity index (χ0n) is 13.4. The predicted octanol–water partition coefficient (Wildman–Crippen LogP) is 1.89. The van der Waals surface area contributed by atoms with E-state index in [0.29, 0.717) is 45.4 Å². The number of benzene rings is 1. The van der Waals surface area contributed by atoms with Crippen molar-refractivity contribution in [3.05, 3.63) is 34.4 Å². The highest BCUT2D eigenvalue weighted by Crippen LogP contribution is 2.22. The Labute approximate surface area is 139 Å². The Kier molecular flexibility index (Phi) is 6.11. The van der Waals surface area contributed by atoms with E-state index in [1.165, 1.54) is 6.07 Å². The van der Waals surface area contributed by atoms with E-state index in [9.17, 15) is 19.7 Å². The SMILES string of the molecule is O=C(O)CCCCC(=O)N1CCN(c2cccc([N+](=O)[O-])c2)CC1. The van der Waals surface area contributed by atoms with Crippen molar-refractivity contribution in [1.29, 1.82) is 0 Å². The topological polar surface area (TPSA) is 104 Å². The van der Waals surface area contributed by atoms with Crippen LogP contribution in [0.5, 0.6) is 0 Å². The molecule has 1 aliphatic heterocycles. The zero-order chi connectivity index (χ0) is 17.5. The van der Waals surface area contributed by atoms with Gasteiger partial charge in [-0.3, -0.25) is 19.7 Å². The van der Waals surface area contributed by atoms with Gasteiger partial charge in [0.25, 0.3) is 5.69 Å². The van der Waals surface area contributed by atoms with E-state index in [1.807, 2.05) is 11.0 Å². The molecule has 1 amide bonds. The highest BCUT2D eigenvalue weighted by molar-refractivity contribution is 5.76. The molecule has 8 heteroatoms. The van der Waals surface area contributed by atoms with Crippen molar-refractivity contribution in [3.8, 4) is 0 Å². The first kappa shape index (κ1) is 17.7. The minimum absolute atomic E-state index is 0.0408. The quantitative estimate of drug-likeness (QED) is 0.463. The normalized spacial score (nSPS) is 14.5. The number of carboxylic acid groups (broad SMARTS) is 1. The number of carboxylic acids is 1. The number of amides is 1. The predicted molar refractivity (Wildman–Crippen MR) is 88.0 cm³/mol. The lowest BCUT2D eigenvalue weighted by Crippen LogP contribution is -2.48. The summed E-state index contributed by atoms with van der Waals surface area (Å²) in [5, 5.41) is 19.4. The number of nitrogens with zero attached hydrogens (tertiary/aromatic N) is 3. The molecule has 1 N–H and O–H groups in total. The van der Waals surface area contributed by atoms with Crippen LogP contribution in [0.3, 0.4) is 0 Å². The van der Waals surface area contributed by atoms with Crippen LogP contribution in [0.15, 0.2) is 24.3 Å². The van der Waals surface area contributed by atoms with Crippen LogP contribution in [-0.4, -0.2) is 53.0 Å². The van der Waals surface area contributed by atoms with E-state index in [2.05, 4.69) is 0 Å². The molecule has 8 nitrogen and oxygen atoms in total. The summed E-state index contributed by atoms with van der Waals surface area (Å²) in [7, 11) is 0. The molecule has 2 rings (SSSR count). The van der Waals surface area contributed by atoms with Crippen LogP contribution in [0.4, 0.5) is 11.4 Å². The second-order valence-electron chi connectivity index (χ2n) is 5.75. The van der Waals surface area contributed by atoms with Gasteiger partial charge in [0.15, 0.2) is 0 Å². The molecule has 1 aromatic carbocycles. The second kappa shape index (κ2) is 8.28. The number of piperazine rings is 1. The molecule has 1 aromatic rings. The maximum Gasteiger partial charge on any atom is 0.303 e. The van der Waals surface area contributed by atoms with Crippen molar-refractivity contribution in [3.63, 3.8) is 0 Å². The molecule has 1 aliphatic rings. The van der Waals surface area contributed by atoms with Gasteiger partial charge < -0.3 is 14.9 Å². The monoisotopic (exact) mass is 335 g/mol. The number of unbranched alkanes of at least 4 members (excludes halogenated alkanes) is 1. The summed E-state index contributed by atoms with van der Waals surface area (Å²) in [5.41, 5.74) is 0.849. The smallest absolute Gasteiger partial charge is 0.303 e.